The van der Waals surface area contributed by atoms with Gasteiger partial charge in [0.15, 0.2) is 11.5 Å². The Hall–Kier alpha value is -2.68. The predicted molar refractivity (Wildman–Crippen MR) is 79.3 cm³/mol. The van der Waals surface area contributed by atoms with E-state index in [0.717, 1.165) is 10.8 Å². The molecule has 0 saturated carbocycles. The molecule has 3 aromatic rings. The van der Waals surface area contributed by atoms with Crippen LogP contribution in [-0.2, 0) is 0 Å². The van der Waals surface area contributed by atoms with Crippen molar-refractivity contribution in [2.75, 3.05) is 7.11 Å². The molecule has 0 spiro atoms. The van der Waals surface area contributed by atoms with Gasteiger partial charge < -0.3 is 14.9 Å². The number of benzene rings is 3. The molecule has 0 aliphatic heterocycles. The fourth-order valence-electron chi connectivity index (χ4n) is 2.43. The summed E-state index contributed by atoms with van der Waals surface area (Å²) in [5.41, 5.74) is 1.16. The minimum atomic E-state index is 0.0293. The Morgan fingerprint density at radius 1 is 0.850 bits per heavy atom. The van der Waals surface area contributed by atoms with Crippen LogP contribution in [0, 0.1) is 0 Å². The van der Waals surface area contributed by atoms with Crippen molar-refractivity contribution in [1.29, 1.82) is 0 Å². The number of rotatable bonds is 2. The van der Waals surface area contributed by atoms with Gasteiger partial charge in [0.05, 0.1) is 7.11 Å². The van der Waals surface area contributed by atoms with Crippen LogP contribution in [0.5, 0.6) is 17.2 Å². The fraction of sp³-hybridized carbons (Fsp3) is 0.0588. The third kappa shape index (κ3) is 1.84. The molecule has 2 N–H and O–H groups in total. The van der Waals surface area contributed by atoms with Gasteiger partial charge in [-0.15, -0.1) is 0 Å². The van der Waals surface area contributed by atoms with E-state index in [9.17, 15) is 10.2 Å². The van der Waals surface area contributed by atoms with Gasteiger partial charge in [-0.1, -0.05) is 42.5 Å². The van der Waals surface area contributed by atoms with E-state index < -0.39 is 0 Å². The molecule has 3 rings (SSSR count). The van der Waals surface area contributed by atoms with Gasteiger partial charge in [-0.25, -0.2) is 0 Å². The molecule has 3 heteroatoms. The lowest BCUT2D eigenvalue weighted by atomic mass is 9.96. The minimum Gasteiger partial charge on any atom is -0.507 e. The van der Waals surface area contributed by atoms with Crippen molar-refractivity contribution in [2.24, 2.45) is 0 Å². The molecular formula is C17H14O3. The van der Waals surface area contributed by atoms with Crippen LogP contribution in [0.15, 0.2) is 54.6 Å². The topological polar surface area (TPSA) is 49.7 Å². The first kappa shape index (κ1) is 12.4. The Bertz CT molecular complexity index is 778. The van der Waals surface area contributed by atoms with E-state index >= 15 is 0 Å². The average Bonchev–Trinajstić information content (AvgIpc) is 2.48. The first-order valence-electron chi connectivity index (χ1n) is 6.29. The van der Waals surface area contributed by atoms with Crippen LogP contribution in [0.1, 0.15) is 0 Å². The van der Waals surface area contributed by atoms with Gasteiger partial charge >= 0.3 is 0 Å². The van der Waals surface area contributed by atoms with Crippen molar-refractivity contribution in [3.05, 3.63) is 54.6 Å². The average molecular weight is 266 g/mol. The highest BCUT2D eigenvalue weighted by Gasteiger charge is 2.15. The summed E-state index contributed by atoms with van der Waals surface area (Å²) >= 11 is 0. The lowest BCUT2D eigenvalue weighted by molar-refractivity contribution is 0.374. The highest BCUT2D eigenvalue weighted by atomic mass is 16.5. The Morgan fingerprint density at radius 2 is 1.65 bits per heavy atom. The molecule has 0 aliphatic carbocycles. The summed E-state index contributed by atoms with van der Waals surface area (Å²) in [6.45, 7) is 0. The second-order valence-electron chi connectivity index (χ2n) is 4.54. The van der Waals surface area contributed by atoms with Crippen molar-refractivity contribution in [2.45, 2.75) is 0 Å². The van der Waals surface area contributed by atoms with Gasteiger partial charge in [0.2, 0.25) is 0 Å². The number of hydrogen-bond acceptors (Lipinski definition) is 3. The van der Waals surface area contributed by atoms with Crippen LogP contribution in [0.2, 0.25) is 0 Å². The van der Waals surface area contributed by atoms with Crippen molar-refractivity contribution in [3.8, 4) is 28.4 Å². The zero-order chi connectivity index (χ0) is 14.1. The highest BCUT2D eigenvalue weighted by Crippen LogP contribution is 2.43. The summed E-state index contributed by atoms with van der Waals surface area (Å²) in [6.07, 6.45) is 0. The summed E-state index contributed by atoms with van der Waals surface area (Å²) < 4.78 is 5.13. The van der Waals surface area contributed by atoms with E-state index in [2.05, 4.69) is 0 Å². The zero-order valence-corrected chi connectivity index (χ0v) is 11.0. The molecule has 20 heavy (non-hydrogen) atoms. The first-order chi connectivity index (χ1) is 9.72. The maximum atomic E-state index is 10.3. The molecule has 0 heterocycles. The minimum absolute atomic E-state index is 0.0293. The highest BCUT2D eigenvalue weighted by molar-refractivity contribution is 6.01. The van der Waals surface area contributed by atoms with E-state index in [0.29, 0.717) is 16.9 Å². The lowest BCUT2D eigenvalue weighted by Gasteiger charge is -2.13. The van der Waals surface area contributed by atoms with Gasteiger partial charge in [-0.05, 0) is 22.9 Å². The standard InChI is InChI=1S/C17H14O3/c1-20-15-8-4-7-13(17(15)19)16-12-6-3-2-5-11(12)9-10-14(16)18/h2-10,18-19H,1H3. The molecule has 0 fully saturated rings. The number of aromatic hydroxyl groups is 2. The molecule has 0 saturated heterocycles. The van der Waals surface area contributed by atoms with E-state index in [1.165, 1.54) is 7.11 Å². The largest absolute Gasteiger partial charge is 0.507 e. The lowest BCUT2D eigenvalue weighted by Crippen LogP contribution is -1.88. The molecule has 0 aromatic heterocycles. The molecule has 0 radical (unpaired) electrons. The number of fused-ring (bicyclic) bond motifs is 1. The Kier molecular flexibility index (Phi) is 2.95. The number of phenolic OH excluding ortho intramolecular Hbond substituents is 2. The zero-order valence-electron chi connectivity index (χ0n) is 11.0. The fourth-order valence-corrected chi connectivity index (χ4v) is 2.43. The van der Waals surface area contributed by atoms with E-state index in [4.69, 9.17) is 4.74 Å². The van der Waals surface area contributed by atoms with Crippen LogP contribution in [-0.4, -0.2) is 17.3 Å². The monoisotopic (exact) mass is 266 g/mol. The SMILES string of the molecule is COc1cccc(-c2c(O)ccc3ccccc23)c1O. The molecular weight excluding hydrogens is 252 g/mol. The number of para-hydroxylation sites is 1. The third-order valence-corrected chi connectivity index (χ3v) is 3.40. The normalized spacial score (nSPS) is 10.7. The molecule has 0 bridgehead atoms. The molecule has 0 amide bonds. The second kappa shape index (κ2) is 4.78. The summed E-state index contributed by atoms with van der Waals surface area (Å²) in [7, 11) is 1.50. The summed E-state index contributed by atoms with van der Waals surface area (Å²) in [5.74, 6) is 0.545. The van der Waals surface area contributed by atoms with Gasteiger partial charge in [0, 0.05) is 11.1 Å². The predicted octanol–water partition coefficient (Wildman–Crippen LogP) is 3.93. The third-order valence-electron chi connectivity index (χ3n) is 3.40. The Balaban J connectivity index is 2.37. The van der Waals surface area contributed by atoms with Gasteiger partial charge in [0.25, 0.3) is 0 Å². The summed E-state index contributed by atoms with van der Waals surface area (Å²) in [4.78, 5) is 0. The van der Waals surface area contributed by atoms with Crippen LogP contribution in [0.4, 0.5) is 0 Å². The second-order valence-corrected chi connectivity index (χ2v) is 4.54. The summed E-state index contributed by atoms with van der Waals surface area (Å²) in [6, 6.07) is 16.5. The van der Waals surface area contributed by atoms with Gasteiger partial charge in [0.1, 0.15) is 5.75 Å². The van der Waals surface area contributed by atoms with Gasteiger partial charge in [-0.2, -0.15) is 0 Å². The van der Waals surface area contributed by atoms with Crippen LogP contribution in [0.3, 0.4) is 0 Å². The van der Waals surface area contributed by atoms with E-state index in [1.807, 2.05) is 30.3 Å². The van der Waals surface area contributed by atoms with E-state index in [1.54, 1.807) is 24.3 Å². The number of ether oxygens (including phenoxy) is 1. The van der Waals surface area contributed by atoms with Crippen molar-refractivity contribution < 1.29 is 14.9 Å². The number of phenols is 2. The molecule has 0 unspecified atom stereocenters. The summed E-state index contributed by atoms with van der Waals surface area (Å²) in [5, 5.41) is 22.4. The smallest absolute Gasteiger partial charge is 0.165 e. The molecule has 3 aromatic carbocycles. The molecule has 0 atom stereocenters. The Labute approximate surface area is 116 Å². The molecule has 100 valence electrons. The quantitative estimate of drug-likeness (QED) is 0.739. The van der Waals surface area contributed by atoms with Gasteiger partial charge in [-0.3, -0.25) is 0 Å². The first-order valence-corrected chi connectivity index (χ1v) is 6.29. The van der Waals surface area contributed by atoms with E-state index in [-0.39, 0.29) is 11.5 Å². The number of methoxy groups -OCH3 is 1. The van der Waals surface area contributed by atoms with Crippen molar-refractivity contribution >= 4 is 10.8 Å². The van der Waals surface area contributed by atoms with Crippen molar-refractivity contribution in [1.82, 2.24) is 0 Å². The van der Waals surface area contributed by atoms with Crippen LogP contribution in [0.25, 0.3) is 21.9 Å². The van der Waals surface area contributed by atoms with Crippen LogP contribution < -0.4 is 4.74 Å². The van der Waals surface area contributed by atoms with Crippen LogP contribution >= 0.6 is 0 Å². The molecule has 0 aliphatic rings. The molecule has 3 nitrogen and oxygen atoms in total. The number of hydrogen-bond donors (Lipinski definition) is 2. The maximum absolute atomic E-state index is 10.3. The maximum Gasteiger partial charge on any atom is 0.165 e. The van der Waals surface area contributed by atoms with Crippen molar-refractivity contribution in [3.63, 3.8) is 0 Å². The Morgan fingerprint density at radius 3 is 2.45 bits per heavy atom.